The van der Waals surface area contributed by atoms with Crippen molar-refractivity contribution in [1.29, 1.82) is 0 Å². The maximum absolute atomic E-state index is 9.79. The molecule has 0 amide bonds. The summed E-state index contributed by atoms with van der Waals surface area (Å²) < 4.78 is 2.57. The largest absolute Gasteiger partial charge is 0.386 e. The summed E-state index contributed by atoms with van der Waals surface area (Å²) in [5, 5.41) is 13.8. The lowest BCUT2D eigenvalue weighted by Gasteiger charge is -2.10. The summed E-state index contributed by atoms with van der Waals surface area (Å²) in [4.78, 5) is 0. The fraction of sp³-hybridized carbons (Fsp3) is 0.625. The van der Waals surface area contributed by atoms with Gasteiger partial charge in [0.1, 0.15) is 6.10 Å². The lowest BCUT2D eigenvalue weighted by atomic mass is 10.3. The van der Waals surface area contributed by atoms with Gasteiger partial charge in [-0.25, -0.2) is 0 Å². The highest BCUT2D eigenvalue weighted by Gasteiger charge is 2.15. The van der Waals surface area contributed by atoms with Gasteiger partial charge >= 0.3 is 0 Å². The van der Waals surface area contributed by atoms with Gasteiger partial charge in [0.25, 0.3) is 0 Å². The smallest absolute Gasteiger partial charge is 0.106 e. The molecule has 1 N–H and O–H groups in total. The maximum atomic E-state index is 9.79. The topological polar surface area (TPSA) is 38.1 Å². The molecule has 1 aromatic rings. The second-order valence-electron chi connectivity index (χ2n) is 2.68. The molecule has 1 aromatic heterocycles. The van der Waals surface area contributed by atoms with E-state index in [4.69, 9.17) is 0 Å². The Bertz CT molecular complexity index is 258. The Balaban J connectivity index is 2.69. The molecule has 0 bridgehead atoms. The second kappa shape index (κ2) is 5.02. The van der Waals surface area contributed by atoms with Gasteiger partial charge in [-0.05, 0) is 21.7 Å². The number of aryl methyl sites for hydroxylation is 1. The van der Waals surface area contributed by atoms with Crippen molar-refractivity contribution in [3.8, 4) is 0 Å². The van der Waals surface area contributed by atoms with Crippen LogP contribution >= 0.6 is 27.7 Å². The minimum atomic E-state index is -0.438. The summed E-state index contributed by atoms with van der Waals surface area (Å²) in [6, 6.07) is 0. The van der Waals surface area contributed by atoms with E-state index in [1.54, 1.807) is 22.6 Å². The maximum Gasteiger partial charge on any atom is 0.106 e. The van der Waals surface area contributed by atoms with Gasteiger partial charge in [-0.2, -0.15) is 16.9 Å². The summed E-state index contributed by atoms with van der Waals surface area (Å²) in [7, 11) is 1.83. The number of rotatable bonds is 4. The zero-order valence-corrected chi connectivity index (χ0v) is 10.1. The van der Waals surface area contributed by atoms with Crippen molar-refractivity contribution in [2.24, 2.45) is 7.05 Å². The average Bonchev–Trinajstić information content (AvgIpc) is 2.42. The molecule has 0 fully saturated rings. The summed E-state index contributed by atoms with van der Waals surface area (Å²) >= 11 is 5.08. The lowest BCUT2D eigenvalue weighted by Crippen LogP contribution is -2.08. The van der Waals surface area contributed by atoms with E-state index in [0.29, 0.717) is 5.75 Å². The third-order valence-corrected chi connectivity index (χ3v) is 3.30. The molecule has 0 saturated heterocycles. The van der Waals surface area contributed by atoms with Gasteiger partial charge in [-0.15, -0.1) is 0 Å². The Kier molecular flexibility index (Phi) is 4.28. The fourth-order valence-electron chi connectivity index (χ4n) is 1.10. The van der Waals surface area contributed by atoms with Gasteiger partial charge in [0.05, 0.1) is 16.4 Å². The molecule has 0 spiro atoms. The van der Waals surface area contributed by atoms with Crippen molar-refractivity contribution < 1.29 is 5.11 Å². The normalized spacial score (nSPS) is 13.2. The van der Waals surface area contributed by atoms with Crippen LogP contribution in [0.2, 0.25) is 0 Å². The van der Waals surface area contributed by atoms with Crippen LogP contribution < -0.4 is 0 Å². The van der Waals surface area contributed by atoms with Gasteiger partial charge in [-0.3, -0.25) is 4.68 Å². The van der Waals surface area contributed by atoms with Crippen LogP contribution in [0.3, 0.4) is 0 Å². The van der Waals surface area contributed by atoms with E-state index in [9.17, 15) is 5.11 Å². The first-order chi connectivity index (χ1) is 6.16. The molecular weight excluding hydrogens is 252 g/mol. The van der Waals surface area contributed by atoms with Crippen molar-refractivity contribution in [2.45, 2.75) is 13.0 Å². The SMILES string of the molecule is CCSCC(O)c1c(Br)cnn1C. The zero-order valence-electron chi connectivity index (χ0n) is 7.70. The van der Waals surface area contributed by atoms with Crippen LogP contribution in [0.25, 0.3) is 0 Å². The van der Waals surface area contributed by atoms with Gasteiger partial charge in [-0.1, -0.05) is 6.92 Å². The third-order valence-electron chi connectivity index (χ3n) is 1.73. The summed E-state index contributed by atoms with van der Waals surface area (Å²) in [5.41, 5.74) is 0.848. The summed E-state index contributed by atoms with van der Waals surface area (Å²) in [6.07, 6.45) is 1.27. The molecule has 74 valence electrons. The fourth-order valence-corrected chi connectivity index (χ4v) is 2.33. The standard InChI is InChI=1S/C8H13BrN2OS/c1-3-13-5-7(12)8-6(9)4-10-11(8)2/h4,7,12H,3,5H2,1-2H3. The quantitative estimate of drug-likeness (QED) is 0.904. The molecule has 13 heavy (non-hydrogen) atoms. The monoisotopic (exact) mass is 264 g/mol. The van der Waals surface area contributed by atoms with E-state index in [1.165, 1.54) is 0 Å². The molecule has 0 aliphatic heterocycles. The van der Waals surface area contributed by atoms with Gasteiger partial charge < -0.3 is 5.11 Å². The molecule has 1 atom stereocenters. The minimum absolute atomic E-state index is 0.438. The van der Waals surface area contributed by atoms with Crippen LogP contribution in [0.15, 0.2) is 10.7 Å². The molecule has 5 heteroatoms. The number of aliphatic hydroxyl groups excluding tert-OH is 1. The Morgan fingerprint density at radius 2 is 2.46 bits per heavy atom. The molecule has 1 unspecified atom stereocenters. The Hall–Kier alpha value is 0. The van der Waals surface area contributed by atoms with E-state index in [2.05, 4.69) is 28.0 Å². The van der Waals surface area contributed by atoms with Crippen LogP contribution in [-0.2, 0) is 7.05 Å². The molecular formula is C8H13BrN2OS. The van der Waals surface area contributed by atoms with Crippen LogP contribution in [-0.4, -0.2) is 26.4 Å². The van der Waals surface area contributed by atoms with Crippen molar-refractivity contribution in [1.82, 2.24) is 9.78 Å². The molecule has 1 rings (SSSR count). The molecule has 0 aliphatic carbocycles. The van der Waals surface area contributed by atoms with E-state index >= 15 is 0 Å². The highest BCUT2D eigenvalue weighted by atomic mass is 79.9. The highest BCUT2D eigenvalue weighted by Crippen LogP contribution is 2.24. The third kappa shape index (κ3) is 2.72. The first-order valence-electron chi connectivity index (χ1n) is 4.10. The van der Waals surface area contributed by atoms with Crippen molar-refractivity contribution in [3.05, 3.63) is 16.4 Å². The second-order valence-corrected chi connectivity index (χ2v) is 4.85. The van der Waals surface area contributed by atoms with E-state index in [-0.39, 0.29) is 0 Å². The Morgan fingerprint density at radius 1 is 1.77 bits per heavy atom. The number of aliphatic hydroxyl groups is 1. The van der Waals surface area contributed by atoms with Gasteiger partial charge in [0.15, 0.2) is 0 Å². The number of halogens is 1. The lowest BCUT2D eigenvalue weighted by molar-refractivity contribution is 0.193. The van der Waals surface area contributed by atoms with Crippen LogP contribution in [0.5, 0.6) is 0 Å². The molecule has 0 radical (unpaired) electrons. The zero-order chi connectivity index (χ0) is 9.84. The summed E-state index contributed by atoms with van der Waals surface area (Å²) in [6.45, 7) is 2.08. The number of nitrogens with zero attached hydrogens (tertiary/aromatic N) is 2. The number of hydrogen-bond acceptors (Lipinski definition) is 3. The molecule has 0 aliphatic rings. The summed E-state index contributed by atoms with van der Waals surface area (Å²) in [5.74, 6) is 1.74. The Morgan fingerprint density at radius 3 is 2.92 bits per heavy atom. The molecule has 3 nitrogen and oxygen atoms in total. The van der Waals surface area contributed by atoms with Crippen LogP contribution in [0.4, 0.5) is 0 Å². The Labute approximate surface area is 90.6 Å². The van der Waals surface area contributed by atoms with Crippen molar-refractivity contribution >= 4 is 27.7 Å². The average molecular weight is 265 g/mol. The molecule has 0 aromatic carbocycles. The van der Waals surface area contributed by atoms with Gasteiger partial charge in [0, 0.05) is 12.8 Å². The van der Waals surface area contributed by atoms with E-state index in [1.807, 2.05) is 7.05 Å². The molecule has 0 saturated carbocycles. The van der Waals surface area contributed by atoms with Crippen LogP contribution in [0, 0.1) is 0 Å². The van der Waals surface area contributed by atoms with E-state index < -0.39 is 6.10 Å². The highest BCUT2D eigenvalue weighted by molar-refractivity contribution is 9.10. The minimum Gasteiger partial charge on any atom is -0.386 e. The van der Waals surface area contributed by atoms with E-state index in [0.717, 1.165) is 15.9 Å². The van der Waals surface area contributed by atoms with Crippen molar-refractivity contribution in [2.75, 3.05) is 11.5 Å². The predicted molar refractivity (Wildman–Crippen MR) is 58.9 cm³/mol. The number of hydrogen-bond donors (Lipinski definition) is 1. The number of aromatic nitrogens is 2. The van der Waals surface area contributed by atoms with Crippen molar-refractivity contribution in [3.63, 3.8) is 0 Å². The number of thioether (sulfide) groups is 1. The molecule has 1 heterocycles. The van der Waals surface area contributed by atoms with Crippen LogP contribution in [0.1, 0.15) is 18.7 Å². The predicted octanol–water partition coefficient (Wildman–Crippen LogP) is 1.97. The van der Waals surface area contributed by atoms with Gasteiger partial charge in [0.2, 0.25) is 0 Å². The first-order valence-corrected chi connectivity index (χ1v) is 6.04. The first kappa shape index (κ1) is 11.1.